The van der Waals surface area contributed by atoms with E-state index in [-0.39, 0.29) is 29.2 Å². The Hall–Kier alpha value is -1.49. The molecule has 0 saturated carbocycles. The number of unbranched alkanes of at least 4 members (excludes halogenated alkanes) is 1. The maximum atomic E-state index is 12.7. The minimum absolute atomic E-state index is 0.0610. The molecule has 0 aromatic heterocycles. The predicted molar refractivity (Wildman–Crippen MR) is 119 cm³/mol. The van der Waals surface area contributed by atoms with Crippen molar-refractivity contribution in [3.05, 3.63) is 46.5 Å². The van der Waals surface area contributed by atoms with Crippen molar-refractivity contribution < 1.29 is 19.4 Å². The van der Waals surface area contributed by atoms with Gasteiger partial charge in [-0.3, -0.25) is 4.79 Å². The molecule has 160 valence electrons. The molecule has 0 bridgehead atoms. The van der Waals surface area contributed by atoms with Gasteiger partial charge in [-0.2, -0.15) is 0 Å². The van der Waals surface area contributed by atoms with Crippen molar-refractivity contribution in [3.8, 4) is 0 Å². The fraction of sp³-hybridized carbons (Fsp3) is 0.625. The van der Waals surface area contributed by atoms with Gasteiger partial charge in [0, 0.05) is 10.7 Å². The molecule has 1 heterocycles. The Balaban J connectivity index is 1.83. The van der Waals surface area contributed by atoms with E-state index in [0.29, 0.717) is 6.61 Å². The smallest absolute Gasteiger partial charge is 0.315 e. The highest BCUT2D eigenvalue weighted by Gasteiger charge is 2.44. The van der Waals surface area contributed by atoms with Crippen LogP contribution in [0.2, 0.25) is 0 Å². The fourth-order valence-electron chi connectivity index (χ4n) is 4.21. The van der Waals surface area contributed by atoms with E-state index in [2.05, 4.69) is 42.8 Å². The first-order valence-electron chi connectivity index (χ1n) is 10.5. The van der Waals surface area contributed by atoms with Crippen LogP contribution in [0.15, 0.2) is 46.5 Å². The Morgan fingerprint density at radius 1 is 1.38 bits per heavy atom. The molecule has 0 radical (unpaired) electrons. The number of ether oxygens (including phenoxy) is 2. The summed E-state index contributed by atoms with van der Waals surface area (Å²) >= 11 is 3.39. The van der Waals surface area contributed by atoms with E-state index in [0.717, 1.165) is 42.3 Å². The van der Waals surface area contributed by atoms with Crippen molar-refractivity contribution >= 4 is 21.9 Å². The van der Waals surface area contributed by atoms with E-state index in [1.54, 1.807) is 6.08 Å². The number of esters is 1. The molecule has 0 spiro atoms. The Labute approximate surface area is 182 Å². The topological polar surface area (TPSA) is 55.8 Å². The van der Waals surface area contributed by atoms with Crippen LogP contribution in [-0.2, 0) is 14.3 Å². The van der Waals surface area contributed by atoms with Gasteiger partial charge < -0.3 is 14.6 Å². The second-order valence-corrected chi connectivity index (χ2v) is 10.3. The number of carbonyl (C=O) groups excluding carboxylic acids is 1. The van der Waals surface area contributed by atoms with Gasteiger partial charge in [0.25, 0.3) is 0 Å². The van der Waals surface area contributed by atoms with Gasteiger partial charge >= 0.3 is 5.97 Å². The standard InChI is InChI=1S/C24H33BrO4/c1-15-8-9-23(2,3)21-17(15)14-18-19(26)12-16(13-20(18)29-21)24(4,5)22(27)28-11-7-6-10-25/h8,12-13,18,20,26H,6-7,9-11,14H2,1-5H3/t18-,20-/m0/s1. The Bertz CT molecular complexity index is 798. The molecule has 0 amide bonds. The lowest BCUT2D eigenvalue weighted by Gasteiger charge is -2.43. The highest BCUT2D eigenvalue weighted by atomic mass is 79.9. The lowest BCUT2D eigenvalue weighted by Crippen LogP contribution is -2.39. The fourth-order valence-corrected chi connectivity index (χ4v) is 4.61. The van der Waals surface area contributed by atoms with E-state index < -0.39 is 5.41 Å². The van der Waals surface area contributed by atoms with Crippen molar-refractivity contribution in [2.45, 2.75) is 66.4 Å². The first-order chi connectivity index (χ1) is 13.6. The van der Waals surface area contributed by atoms with Crippen molar-refractivity contribution in [2.75, 3.05) is 11.9 Å². The van der Waals surface area contributed by atoms with Gasteiger partial charge in [-0.05, 0) is 75.3 Å². The molecular formula is C24H33BrO4. The minimum atomic E-state index is -0.844. The maximum absolute atomic E-state index is 12.7. The van der Waals surface area contributed by atoms with Crippen LogP contribution in [-0.4, -0.2) is 29.1 Å². The molecule has 4 nitrogen and oxygen atoms in total. The predicted octanol–water partition coefficient (Wildman–Crippen LogP) is 6.15. The summed E-state index contributed by atoms with van der Waals surface area (Å²) < 4.78 is 12.0. The van der Waals surface area contributed by atoms with E-state index in [4.69, 9.17) is 9.47 Å². The molecule has 29 heavy (non-hydrogen) atoms. The molecule has 1 N–H and O–H groups in total. The summed E-state index contributed by atoms with van der Waals surface area (Å²) in [6.45, 7) is 10.6. The van der Waals surface area contributed by atoms with Gasteiger partial charge in [0.15, 0.2) is 0 Å². The third-order valence-electron chi connectivity index (χ3n) is 6.38. The Morgan fingerprint density at radius 2 is 2.10 bits per heavy atom. The van der Waals surface area contributed by atoms with Crippen LogP contribution >= 0.6 is 15.9 Å². The van der Waals surface area contributed by atoms with Gasteiger partial charge in [-0.1, -0.05) is 35.9 Å². The molecule has 0 unspecified atom stereocenters. The molecule has 0 aromatic carbocycles. The Morgan fingerprint density at radius 3 is 2.79 bits per heavy atom. The summed E-state index contributed by atoms with van der Waals surface area (Å²) in [6, 6.07) is 0. The summed E-state index contributed by atoms with van der Waals surface area (Å²) in [6.07, 6.45) is 9.26. The van der Waals surface area contributed by atoms with E-state index in [9.17, 15) is 9.90 Å². The Kier molecular flexibility index (Phi) is 6.38. The number of alkyl halides is 1. The number of aliphatic hydroxyl groups is 1. The third-order valence-corrected chi connectivity index (χ3v) is 6.94. The first kappa shape index (κ1) is 22.2. The summed E-state index contributed by atoms with van der Waals surface area (Å²) in [5.74, 6) is 0.934. The molecule has 3 aliphatic rings. The maximum Gasteiger partial charge on any atom is 0.315 e. The first-order valence-corrected chi connectivity index (χ1v) is 11.6. The van der Waals surface area contributed by atoms with Crippen LogP contribution in [0.3, 0.4) is 0 Å². The summed E-state index contributed by atoms with van der Waals surface area (Å²) in [7, 11) is 0. The molecular weight excluding hydrogens is 432 g/mol. The van der Waals surface area contributed by atoms with Crippen molar-refractivity contribution in [1.82, 2.24) is 0 Å². The second kappa shape index (κ2) is 8.33. The molecule has 3 rings (SSSR count). The molecule has 1 aliphatic heterocycles. The van der Waals surface area contributed by atoms with Crippen LogP contribution in [0.4, 0.5) is 0 Å². The lowest BCUT2D eigenvalue weighted by molar-refractivity contribution is -0.151. The number of halogens is 1. The normalized spacial score (nSPS) is 25.8. The van der Waals surface area contributed by atoms with E-state index in [1.165, 1.54) is 11.1 Å². The molecule has 0 fully saturated rings. The summed E-state index contributed by atoms with van der Waals surface area (Å²) in [5.41, 5.74) is 2.31. The number of hydrogen-bond acceptors (Lipinski definition) is 4. The number of fused-ring (bicyclic) bond motifs is 1. The average molecular weight is 465 g/mol. The summed E-state index contributed by atoms with van der Waals surface area (Å²) in [5, 5.41) is 11.7. The number of allylic oxidation sites excluding steroid dienone is 5. The van der Waals surface area contributed by atoms with Crippen molar-refractivity contribution in [3.63, 3.8) is 0 Å². The van der Waals surface area contributed by atoms with Crippen LogP contribution in [0.1, 0.15) is 60.3 Å². The van der Waals surface area contributed by atoms with E-state index >= 15 is 0 Å². The largest absolute Gasteiger partial charge is 0.512 e. The monoisotopic (exact) mass is 464 g/mol. The highest BCUT2D eigenvalue weighted by Crippen LogP contribution is 2.49. The van der Waals surface area contributed by atoms with Gasteiger partial charge in [0.05, 0.1) is 23.7 Å². The molecule has 2 atom stereocenters. The minimum Gasteiger partial charge on any atom is -0.512 e. The molecule has 2 aliphatic carbocycles. The van der Waals surface area contributed by atoms with Crippen molar-refractivity contribution in [1.29, 1.82) is 0 Å². The van der Waals surface area contributed by atoms with Gasteiger partial charge in [-0.25, -0.2) is 0 Å². The van der Waals surface area contributed by atoms with Crippen molar-refractivity contribution in [2.24, 2.45) is 16.7 Å². The van der Waals surface area contributed by atoms with Crippen LogP contribution in [0.25, 0.3) is 0 Å². The molecule has 0 aromatic rings. The number of rotatable bonds is 6. The molecule has 0 saturated heterocycles. The zero-order chi connectivity index (χ0) is 21.4. The quantitative estimate of drug-likeness (QED) is 0.291. The zero-order valence-corrected chi connectivity index (χ0v) is 19.8. The van der Waals surface area contributed by atoms with Gasteiger partial charge in [0.2, 0.25) is 0 Å². The van der Waals surface area contributed by atoms with E-state index in [1.807, 2.05) is 19.9 Å². The lowest BCUT2D eigenvalue weighted by atomic mass is 9.71. The average Bonchev–Trinajstić information content (AvgIpc) is 2.67. The number of carbonyl (C=O) groups is 1. The van der Waals surface area contributed by atoms with Gasteiger partial charge in [-0.15, -0.1) is 0 Å². The summed E-state index contributed by atoms with van der Waals surface area (Å²) in [4.78, 5) is 12.7. The number of aliphatic hydroxyl groups excluding tert-OH is 1. The molecule has 5 heteroatoms. The third kappa shape index (κ3) is 4.35. The second-order valence-electron chi connectivity index (χ2n) is 9.52. The SMILES string of the molecule is CC1=CCC(C)(C)C2=C1C[C@H]1C(O)=CC(C(C)(C)C(=O)OCCCCBr)=C[C@@H]1O2. The van der Waals surface area contributed by atoms with Crippen LogP contribution in [0, 0.1) is 16.7 Å². The zero-order valence-electron chi connectivity index (χ0n) is 18.2. The van der Waals surface area contributed by atoms with Crippen LogP contribution in [0.5, 0.6) is 0 Å². The van der Waals surface area contributed by atoms with Gasteiger partial charge in [0.1, 0.15) is 11.9 Å². The van der Waals surface area contributed by atoms with Crippen LogP contribution < -0.4 is 0 Å². The number of hydrogen-bond donors (Lipinski definition) is 1. The highest BCUT2D eigenvalue weighted by molar-refractivity contribution is 9.09.